The van der Waals surface area contributed by atoms with Crippen LogP contribution in [0.4, 0.5) is 13.2 Å². The molecule has 0 aromatic heterocycles. The third kappa shape index (κ3) is 4.67. The summed E-state index contributed by atoms with van der Waals surface area (Å²) in [5.41, 5.74) is 4.99. The summed E-state index contributed by atoms with van der Waals surface area (Å²) in [5.74, 6) is 0.256. The van der Waals surface area contributed by atoms with E-state index in [-0.39, 0.29) is 5.92 Å². The summed E-state index contributed by atoms with van der Waals surface area (Å²) in [4.78, 5) is 0.425. The van der Waals surface area contributed by atoms with Gasteiger partial charge in [-0.1, -0.05) is 12.1 Å². The quantitative estimate of drug-likeness (QED) is 0.579. The van der Waals surface area contributed by atoms with Crippen molar-refractivity contribution in [2.45, 2.75) is 65.0 Å². The van der Waals surface area contributed by atoms with E-state index < -0.39 is 21.8 Å². The fourth-order valence-electron chi connectivity index (χ4n) is 4.50. The Hall–Kier alpha value is -1.86. The van der Waals surface area contributed by atoms with Gasteiger partial charge in [-0.3, -0.25) is 0 Å². The molecule has 2 aromatic carbocycles. The lowest BCUT2D eigenvalue weighted by Crippen LogP contribution is -2.39. The van der Waals surface area contributed by atoms with Crippen LogP contribution < -0.4 is 0 Å². The highest BCUT2D eigenvalue weighted by Gasteiger charge is 2.33. The lowest BCUT2D eigenvalue weighted by molar-refractivity contribution is -0.137. The number of alkyl halides is 3. The van der Waals surface area contributed by atoms with E-state index in [1.807, 2.05) is 34.6 Å². The van der Waals surface area contributed by atoms with Gasteiger partial charge in [-0.25, -0.2) is 8.42 Å². The van der Waals surface area contributed by atoms with E-state index in [1.54, 1.807) is 4.31 Å². The Kier molecular flexibility index (Phi) is 6.59. The average Bonchev–Trinajstić information content (AvgIpc) is 2.71. The van der Waals surface area contributed by atoms with Crippen LogP contribution in [0.25, 0.3) is 0 Å². The molecule has 2 aromatic rings. The van der Waals surface area contributed by atoms with Gasteiger partial charge in [-0.2, -0.15) is 17.5 Å². The van der Waals surface area contributed by atoms with Crippen LogP contribution in [0.2, 0.25) is 0 Å². The molecule has 1 saturated heterocycles. The molecule has 3 rings (SSSR count). The van der Waals surface area contributed by atoms with E-state index in [2.05, 4.69) is 0 Å². The number of hydrogen-bond acceptors (Lipinski definition) is 2. The van der Waals surface area contributed by atoms with Crippen LogP contribution in [0.5, 0.6) is 0 Å². The fraction of sp³-hybridized carbons (Fsp3) is 0.500. The van der Waals surface area contributed by atoms with Crippen LogP contribution in [-0.2, 0) is 22.6 Å². The van der Waals surface area contributed by atoms with Gasteiger partial charge in [0.2, 0.25) is 10.0 Å². The lowest BCUT2D eigenvalue weighted by Gasteiger charge is -2.32. The van der Waals surface area contributed by atoms with Crippen molar-refractivity contribution in [3.05, 3.63) is 63.2 Å². The Morgan fingerprint density at radius 2 is 1.29 bits per heavy atom. The van der Waals surface area contributed by atoms with Gasteiger partial charge in [0.05, 0.1) is 10.5 Å². The van der Waals surface area contributed by atoms with Crippen LogP contribution in [0, 0.1) is 40.5 Å². The molecule has 0 aliphatic carbocycles. The van der Waals surface area contributed by atoms with Gasteiger partial charge < -0.3 is 0 Å². The first-order valence-electron chi connectivity index (χ1n) is 10.6. The summed E-state index contributed by atoms with van der Waals surface area (Å²) in [6, 6.07) is 5.28. The minimum atomic E-state index is -4.33. The first kappa shape index (κ1) is 23.8. The molecule has 0 N–H and O–H groups in total. The molecular weight excluding hydrogens is 423 g/mol. The highest BCUT2D eigenvalue weighted by Crippen LogP contribution is 2.34. The predicted molar refractivity (Wildman–Crippen MR) is 117 cm³/mol. The normalized spacial score (nSPS) is 16.6. The van der Waals surface area contributed by atoms with E-state index in [1.165, 1.54) is 12.1 Å². The molecule has 0 spiro atoms. The first-order chi connectivity index (χ1) is 14.3. The van der Waals surface area contributed by atoms with Gasteiger partial charge in [0.15, 0.2) is 0 Å². The molecule has 0 radical (unpaired) electrons. The van der Waals surface area contributed by atoms with Gasteiger partial charge in [0.1, 0.15) is 0 Å². The maximum atomic E-state index is 13.5. The molecule has 0 bridgehead atoms. The zero-order valence-electron chi connectivity index (χ0n) is 18.7. The van der Waals surface area contributed by atoms with Crippen molar-refractivity contribution in [2.75, 3.05) is 13.1 Å². The van der Waals surface area contributed by atoms with Crippen molar-refractivity contribution in [3.63, 3.8) is 0 Å². The summed E-state index contributed by atoms with van der Waals surface area (Å²) in [6.45, 7) is 10.6. The molecule has 1 heterocycles. The number of hydrogen-bond donors (Lipinski definition) is 0. The van der Waals surface area contributed by atoms with Gasteiger partial charge >= 0.3 is 6.18 Å². The van der Waals surface area contributed by atoms with E-state index in [0.717, 1.165) is 45.5 Å². The second-order valence-electron chi connectivity index (χ2n) is 8.70. The maximum absolute atomic E-state index is 13.5. The van der Waals surface area contributed by atoms with Gasteiger partial charge in [-0.15, -0.1) is 0 Å². The molecule has 1 aliphatic rings. The molecule has 7 heteroatoms. The standard InChI is InChI=1S/C24H30F3NO2S/c1-15-16(2)18(4)23(19(5)17(15)3)31(29,30)28-12-10-21(11-13-28)14-20-6-8-22(9-7-20)24(25,26)27/h6-9,21H,10-14H2,1-5H3. The molecule has 31 heavy (non-hydrogen) atoms. The molecule has 0 amide bonds. The van der Waals surface area contributed by atoms with Crippen molar-refractivity contribution >= 4 is 10.0 Å². The molecule has 0 atom stereocenters. The number of nitrogens with zero attached hydrogens (tertiary/aromatic N) is 1. The largest absolute Gasteiger partial charge is 0.416 e. The molecule has 1 aliphatic heterocycles. The average molecular weight is 454 g/mol. The van der Waals surface area contributed by atoms with E-state index in [0.29, 0.717) is 37.2 Å². The molecular formula is C24H30F3NO2S. The van der Waals surface area contributed by atoms with Crippen molar-refractivity contribution in [1.29, 1.82) is 0 Å². The van der Waals surface area contributed by atoms with Gasteiger partial charge in [-0.05, 0) is 105 Å². The lowest BCUT2D eigenvalue weighted by atomic mass is 9.91. The minimum Gasteiger partial charge on any atom is -0.207 e. The zero-order valence-corrected chi connectivity index (χ0v) is 19.5. The third-order valence-electron chi connectivity index (χ3n) is 6.91. The zero-order chi connectivity index (χ0) is 23.1. The Morgan fingerprint density at radius 1 is 0.839 bits per heavy atom. The van der Waals surface area contributed by atoms with E-state index >= 15 is 0 Å². The van der Waals surface area contributed by atoms with Crippen LogP contribution in [0.15, 0.2) is 29.2 Å². The second kappa shape index (κ2) is 8.58. The van der Waals surface area contributed by atoms with E-state index in [4.69, 9.17) is 0 Å². The smallest absolute Gasteiger partial charge is 0.207 e. The van der Waals surface area contributed by atoms with Crippen molar-refractivity contribution in [2.24, 2.45) is 5.92 Å². The number of rotatable bonds is 4. The van der Waals surface area contributed by atoms with E-state index in [9.17, 15) is 21.6 Å². The first-order valence-corrected chi connectivity index (χ1v) is 12.0. The highest BCUT2D eigenvalue weighted by atomic mass is 32.2. The van der Waals surface area contributed by atoms with Crippen molar-refractivity contribution in [3.8, 4) is 0 Å². The SMILES string of the molecule is Cc1c(C)c(C)c(S(=O)(=O)N2CCC(Cc3ccc(C(F)(F)F)cc3)CC2)c(C)c1C. The molecule has 0 saturated carbocycles. The number of sulfonamides is 1. The van der Waals surface area contributed by atoms with Gasteiger partial charge in [0.25, 0.3) is 0 Å². The molecule has 0 unspecified atom stereocenters. The molecule has 3 nitrogen and oxygen atoms in total. The van der Waals surface area contributed by atoms with Crippen LogP contribution >= 0.6 is 0 Å². The van der Waals surface area contributed by atoms with Crippen molar-refractivity contribution < 1.29 is 21.6 Å². The Balaban J connectivity index is 1.72. The topological polar surface area (TPSA) is 37.4 Å². The summed E-state index contributed by atoms with van der Waals surface area (Å²) < 4.78 is 66.7. The van der Waals surface area contributed by atoms with Gasteiger partial charge in [0, 0.05) is 13.1 Å². The predicted octanol–water partition coefficient (Wildman–Crippen LogP) is 5.89. The van der Waals surface area contributed by atoms with Crippen LogP contribution in [0.3, 0.4) is 0 Å². The monoisotopic (exact) mass is 453 g/mol. The number of benzene rings is 2. The molecule has 1 fully saturated rings. The van der Waals surface area contributed by atoms with Crippen molar-refractivity contribution in [1.82, 2.24) is 4.31 Å². The van der Waals surface area contributed by atoms with Crippen LogP contribution in [0.1, 0.15) is 51.8 Å². The highest BCUT2D eigenvalue weighted by molar-refractivity contribution is 7.89. The molecule has 170 valence electrons. The summed E-state index contributed by atoms with van der Waals surface area (Å²) >= 11 is 0. The Bertz CT molecular complexity index is 1040. The second-order valence-corrected chi connectivity index (χ2v) is 10.6. The summed E-state index contributed by atoms with van der Waals surface area (Å²) in [7, 11) is -3.60. The number of piperidine rings is 1. The van der Waals surface area contributed by atoms with Crippen LogP contribution in [-0.4, -0.2) is 25.8 Å². The fourth-order valence-corrected chi connectivity index (χ4v) is 6.53. The number of halogens is 3. The Labute approximate surface area is 183 Å². The maximum Gasteiger partial charge on any atom is 0.416 e. The Morgan fingerprint density at radius 3 is 1.74 bits per heavy atom. The minimum absolute atomic E-state index is 0.256. The summed E-state index contributed by atoms with van der Waals surface area (Å²) in [6.07, 6.45) is -2.28. The third-order valence-corrected chi connectivity index (χ3v) is 9.08. The summed E-state index contributed by atoms with van der Waals surface area (Å²) in [5, 5.41) is 0.